The number of phenols is 1. The first-order valence-corrected chi connectivity index (χ1v) is 7.38. The summed E-state index contributed by atoms with van der Waals surface area (Å²) in [5.41, 5.74) is 2.57. The summed E-state index contributed by atoms with van der Waals surface area (Å²) < 4.78 is 5.92. The van der Waals surface area contributed by atoms with Crippen LogP contribution in [0, 0.1) is 6.92 Å². The van der Waals surface area contributed by atoms with Crippen LogP contribution in [-0.2, 0) is 6.42 Å². The quantitative estimate of drug-likeness (QED) is 0.862. The molecule has 1 aliphatic rings. The van der Waals surface area contributed by atoms with Crippen molar-refractivity contribution < 1.29 is 9.84 Å². The Labute approximate surface area is 117 Å². The van der Waals surface area contributed by atoms with Crippen molar-refractivity contribution in [1.82, 2.24) is 0 Å². The summed E-state index contributed by atoms with van der Waals surface area (Å²) in [4.78, 5) is 0.915. The van der Waals surface area contributed by atoms with E-state index in [0.717, 1.165) is 22.8 Å². The van der Waals surface area contributed by atoms with E-state index in [2.05, 4.69) is 25.1 Å². The van der Waals surface area contributed by atoms with Gasteiger partial charge in [-0.05, 0) is 30.7 Å². The second kappa shape index (κ2) is 5.17. The minimum absolute atomic E-state index is 0.196. The Balaban J connectivity index is 1.63. The third-order valence-corrected chi connectivity index (χ3v) is 4.44. The van der Waals surface area contributed by atoms with Crippen molar-refractivity contribution in [3.63, 3.8) is 0 Å². The zero-order chi connectivity index (χ0) is 13.2. The number of rotatable bonds is 3. The van der Waals surface area contributed by atoms with Gasteiger partial charge in [-0.25, -0.2) is 0 Å². The van der Waals surface area contributed by atoms with E-state index in [9.17, 15) is 5.11 Å². The number of para-hydroxylation sites is 1. The molecule has 0 amide bonds. The maximum atomic E-state index is 9.73. The average molecular weight is 272 g/mol. The first kappa shape index (κ1) is 12.4. The van der Waals surface area contributed by atoms with E-state index in [1.165, 1.54) is 11.1 Å². The van der Waals surface area contributed by atoms with E-state index >= 15 is 0 Å². The molecule has 1 unspecified atom stereocenters. The normalized spacial score (nSPS) is 17.0. The molecule has 3 rings (SSSR count). The fourth-order valence-corrected chi connectivity index (χ4v) is 3.25. The maximum Gasteiger partial charge on any atom is 0.129 e. The number of aryl methyl sites for hydroxylation is 1. The third-order valence-electron chi connectivity index (χ3n) is 3.25. The predicted molar refractivity (Wildman–Crippen MR) is 78.1 cm³/mol. The molecule has 2 aromatic rings. The number of benzene rings is 2. The Morgan fingerprint density at radius 1 is 1.26 bits per heavy atom. The Bertz CT molecular complexity index is 595. The molecule has 0 spiro atoms. The average Bonchev–Trinajstić information content (AvgIpc) is 2.79. The van der Waals surface area contributed by atoms with Gasteiger partial charge in [0.2, 0.25) is 0 Å². The number of thioether (sulfide) groups is 1. The van der Waals surface area contributed by atoms with Crippen molar-refractivity contribution in [3.05, 3.63) is 53.6 Å². The molecule has 98 valence electrons. The van der Waals surface area contributed by atoms with Crippen LogP contribution in [0.5, 0.6) is 11.5 Å². The van der Waals surface area contributed by atoms with Crippen molar-refractivity contribution in [2.75, 3.05) is 5.75 Å². The van der Waals surface area contributed by atoms with E-state index in [4.69, 9.17) is 4.74 Å². The SMILES string of the molecule is Cc1ccc2c(c1)CC(CSc1ccccc1O)O2. The molecule has 1 heterocycles. The van der Waals surface area contributed by atoms with Crippen LogP contribution in [0.3, 0.4) is 0 Å². The van der Waals surface area contributed by atoms with Gasteiger partial charge >= 0.3 is 0 Å². The number of ether oxygens (including phenoxy) is 1. The summed E-state index contributed by atoms with van der Waals surface area (Å²) in [6, 6.07) is 13.8. The highest BCUT2D eigenvalue weighted by atomic mass is 32.2. The van der Waals surface area contributed by atoms with Crippen LogP contribution in [0.25, 0.3) is 0 Å². The molecule has 2 nitrogen and oxygen atoms in total. The van der Waals surface area contributed by atoms with E-state index in [-0.39, 0.29) is 6.10 Å². The molecule has 0 radical (unpaired) electrons. The lowest BCUT2D eigenvalue weighted by atomic mass is 10.1. The number of phenolic OH excluding ortho intramolecular Hbond substituents is 1. The molecular weight excluding hydrogens is 256 g/mol. The van der Waals surface area contributed by atoms with Crippen molar-refractivity contribution in [2.45, 2.75) is 24.3 Å². The topological polar surface area (TPSA) is 29.5 Å². The molecule has 0 bridgehead atoms. The lowest BCUT2D eigenvalue weighted by Crippen LogP contribution is -2.15. The molecule has 1 N–H and O–H groups in total. The molecule has 1 aliphatic heterocycles. The van der Waals surface area contributed by atoms with Crippen molar-refractivity contribution in [1.29, 1.82) is 0 Å². The van der Waals surface area contributed by atoms with Gasteiger partial charge in [-0.1, -0.05) is 29.8 Å². The van der Waals surface area contributed by atoms with Gasteiger partial charge < -0.3 is 9.84 Å². The van der Waals surface area contributed by atoms with Gasteiger partial charge in [0.1, 0.15) is 17.6 Å². The highest BCUT2D eigenvalue weighted by Crippen LogP contribution is 2.34. The lowest BCUT2D eigenvalue weighted by Gasteiger charge is -2.10. The number of fused-ring (bicyclic) bond motifs is 1. The molecule has 0 saturated carbocycles. The van der Waals surface area contributed by atoms with Gasteiger partial charge in [0, 0.05) is 17.1 Å². The molecule has 0 aliphatic carbocycles. The van der Waals surface area contributed by atoms with Gasteiger partial charge in [0.15, 0.2) is 0 Å². The van der Waals surface area contributed by atoms with E-state index in [0.29, 0.717) is 5.75 Å². The molecule has 0 saturated heterocycles. The largest absolute Gasteiger partial charge is 0.507 e. The van der Waals surface area contributed by atoms with Gasteiger partial charge in [-0.3, -0.25) is 0 Å². The second-order valence-electron chi connectivity index (χ2n) is 4.83. The van der Waals surface area contributed by atoms with Crippen LogP contribution in [0.1, 0.15) is 11.1 Å². The third kappa shape index (κ3) is 2.71. The van der Waals surface area contributed by atoms with Crippen molar-refractivity contribution >= 4 is 11.8 Å². The number of hydrogen-bond acceptors (Lipinski definition) is 3. The second-order valence-corrected chi connectivity index (χ2v) is 5.90. The predicted octanol–water partition coefficient (Wildman–Crippen LogP) is 3.80. The van der Waals surface area contributed by atoms with E-state index in [1.807, 2.05) is 18.2 Å². The minimum Gasteiger partial charge on any atom is -0.507 e. The summed E-state index contributed by atoms with van der Waals surface area (Å²) in [6.07, 6.45) is 1.15. The lowest BCUT2D eigenvalue weighted by molar-refractivity contribution is 0.259. The van der Waals surface area contributed by atoms with Crippen molar-refractivity contribution in [2.24, 2.45) is 0 Å². The smallest absolute Gasteiger partial charge is 0.129 e. The molecule has 2 aromatic carbocycles. The van der Waals surface area contributed by atoms with Crippen LogP contribution >= 0.6 is 11.8 Å². The Morgan fingerprint density at radius 3 is 2.95 bits per heavy atom. The molecule has 3 heteroatoms. The highest BCUT2D eigenvalue weighted by Gasteiger charge is 2.23. The summed E-state index contributed by atoms with van der Waals surface area (Å²) in [5, 5.41) is 9.73. The monoisotopic (exact) mass is 272 g/mol. The molecular formula is C16H16O2S. The standard InChI is InChI=1S/C16H16O2S/c1-11-6-7-15-12(8-11)9-13(18-15)10-19-16-5-3-2-4-14(16)17/h2-8,13,17H,9-10H2,1H3. The first-order chi connectivity index (χ1) is 9.22. The summed E-state index contributed by atoms with van der Waals surface area (Å²) in [5.74, 6) is 2.21. The van der Waals surface area contributed by atoms with Gasteiger partial charge in [0.05, 0.1) is 0 Å². The van der Waals surface area contributed by atoms with Crippen LogP contribution in [0.15, 0.2) is 47.4 Å². The van der Waals surface area contributed by atoms with E-state index < -0.39 is 0 Å². The van der Waals surface area contributed by atoms with Crippen LogP contribution in [-0.4, -0.2) is 17.0 Å². The van der Waals surface area contributed by atoms with Gasteiger partial charge in [-0.2, -0.15) is 0 Å². The molecule has 0 aromatic heterocycles. The number of aromatic hydroxyl groups is 1. The minimum atomic E-state index is 0.196. The fraction of sp³-hybridized carbons (Fsp3) is 0.250. The van der Waals surface area contributed by atoms with Gasteiger partial charge in [0.25, 0.3) is 0 Å². The highest BCUT2D eigenvalue weighted by molar-refractivity contribution is 7.99. The number of hydrogen-bond donors (Lipinski definition) is 1. The van der Waals surface area contributed by atoms with Crippen molar-refractivity contribution in [3.8, 4) is 11.5 Å². The Morgan fingerprint density at radius 2 is 2.11 bits per heavy atom. The summed E-state index contributed by atoms with van der Waals surface area (Å²) >= 11 is 1.64. The Kier molecular flexibility index (Phi) is 3.38. The summed E-state index contributed by atoms with van der Waals surface area (Å²) in [6.45, 7) is 2.10. The van der Waals surface area contributed by atoms with Crippen LogP contribution in [0.4, 0.5) is 0 Å². The van der Waals surface area contributed by atoms with Gasteiger partial charge in [-0.15, -0.1) is 11.8 Å². The maximum absolute atomic E-state index is 9.73. The molecule has 19 heavy (non-hydrogen) atoms. The first-order valence-electron chi connectivity index (χ1n) is 6.39. The summed E-state index contributed by atoms with van der Waals surface area (Å²) in [7, 11) is 0. The molecule has 0 fully saturated rings. The fourth-order valence-electron chi connectivity index (χ4n) is 2.30. The van der Waals surface area contributed by atoms with E-state index in [1.54, 1.807) is 17.8 Å². The molecule has 1 atom stereocenters. The zero-order valence-corrected chi connectivity index (χ0v) is 11.6. The van der Waals surface area contributed by atoms with Crippen LogP contribution < -0.4 is 4.74 Å². The Hall–Kier alpha value is -1.61. The van der Waals surface area contributed by atoms with Crippen LogP contribution in [0.2, 0.25) is 0 Å². The zero-order valence-electron chi connectivity index (χ0n) is 10.8.